The van der Waals surface area contributed by atoms with Crippen LogP contribution < -0.4 is 5.32 Å². The average Bonchev–Trinajstić information content (AvgIpc) is 3.03. The summed E-state index contributed by atoms with van der Waals surface area (Å²) in [5.74, 6) is 1.06. The molecule has 1 saturated carbocycles. The highest BCUT2D eigenvalue weighted by Crippen LogP contribution is 2.34. The fraction of sp³-hybridized carbons (Fsp3) is 0.737. The molecule has 0 bridgehead atoms. The first-order valence-electron chi connectivity index (χ1n) is 9.36. The molecule has 1 saturated heterocycles. The highest BCUT2D eigenvalue weighted by Gasteiger charge is 2.38. The second kappa shape index (κ2) is 8.34. The fourth-order valence-electron chi connectivity index (χ4n) is 4.21. The van der Waals surface area contributed by atoms with Gasteiger partial charge in [-0.1, -0.05) is 19.3 Å². The lowest BCUT2D eigenvalue weighted by Crippen LogP contribution is -2.59. The molecule has 0 unspecified atom stereocenters. The molecule has 6 heteroatoms. The summed E-state index contributed by atoms with van der Waals surface area (Å²) in [6.45, 7) is 7.08. The predicted octanol–water partition coefficient (Wildman–Crippen LogP) is 2.50. The lowest BCUT2D eigenvalue weighted by molar-refractivity contribution is -0.0370. The Balaban J connectivity index is 1.61. The number of methoxy groups -OCH3 is 1. The van der Waals surface area contributed by atoms with E-state index < -0.39 is 0 Å². The number of morpholine rings is 1. The maximum atomic E-state index is 11.7. The monoisotopic (exact) mass is 350 g/mol. The van der Waals surface area contributed by atoms with Crippen LogP contribution in [0.3, 0.4) is 0 Å². The van der Waals surface area contributed by atoms with E-state index in [-0.39, 0.29) is 11.5 Å². The van der Waals surface area contributed by atoms with Gasteiger partial charge >= 0.3 is 5.97 Å². The molecule has 0 atom stereocenters. The third kappa shape index (κ3) is 4.25. The molecule has 1 aliphatic heterocycles. The van der Waals surface area contributed by atoms with Crippen LogP contribution in [0.1, 0.15) is 54.0 Å². The number of furan rings is 1. The standard InChI is InChI=1S/C19H30N2O4/c1-15-17(18(22)23-2)12-16(25-15)13-20-14-19(6-4-3-5-7-19)21-8-10-24-11-9-21/h12,20H,3-11,13-14H2,1-2H3. The number of ether oxygens (including phenoxy) is 2. The van der Waals surface area contributed by atoms with Crippen molar-refractivity contribution in [2.45, 2.75) is 51.1 Å². The maximum Gasteiger partial charge on any atom is 0.341 e. The summed E-state index contributed by atoms with van der Waals surface area (Å²) < 4.78 is 16.0. The second-order valence-corrected chi connectivity index (χ2v) is 7.16. The highest BCUT2D eigenvalue weighted by molar-refractivity contribution is 5.90. The molecular formula is C19H30N2O4. The molecule has 1 aromatic rings. The number of rotatable bonds is 6. The number of hydrogen-bond donors (Lipinski definition) is 1. The highest BCUT2D eigenvalue weighted by atomic mass is 16.5. The first kappa shape index (κ1) is 18.4. The lowest BCUT2D eigenvalue weighted by Gasteiger charge is -2.48. The van der Waals surface area contributed by atoms with Gasteiger partial charge in [0.1, 0.15) is 17.1 Å². The summed E-state index contributed by atoms with van der Waals surface area (Å²) in [5, 5.41) is 3.58. The van der Waals surface area contributed by atoms with Crippen LogP contribution in [-0.4, -0.2) is 56.4 Å². The molecule has 0 aromatic carbocycles. The molecule has 1 aromatic heterocycles. The van der Waals surface area contributed by atoms with Gasteiger partial charge in [-0.25, -0.2) is 4.79 Å². The molecule has 140 valence electrons. The van der Waals surface area contributed by atoms with Gasteiger partial charge in [0.15, 0.2) is 0 Å². The van der Waals surface area contributed by atoms with Crippen molar-refractivity contribution >= 4 is 5.97 Å². The van der Waals surface area contributed by atoms with E-state index in [2.05, 4.69) is 10.2 Å². The minimum Gasteiger partial charge on any atom is -0.465 e. The molecule has 0 spiro atoms. The van der Waals surface area contributed by atoms with Crippen LogP contribution in [0, 0.1) is 6.92 Å². The van der Waals surface area contributed by atoms with Crippen molar-refractivity contribution in [3.05, 3.63) is 23.2 Å². The van der Waals surface area contributed by atoms with Crippen LogP contribution >= 0.6 is 0 Å². The normalized spacial score (nSPS) is 21.2. The molecule has 0 radical (unpaired) electrons. The number of aryl methyl sites for hydroxylation is 1. The molecule has 1 aliphatic carbocycles. The van der Waals surface area contributed by atoms with Crippen LogP contribution in [0.2, 0.25) is 0 Å². The summed E-state index contributed by atoms with van der Waals surface area (Å²) in [5.41, 5.74) is 0.745. The Morgan fingerprint density at radius 2 is 2.00 bits per heavy atom. The third-order valence-electron chi connectivity index (χ3n) is 5.59. The molecule has 1 N–H and O–H groups in total. The van der Waals surface area contributed by atoms with E-state index in [9.17, 15) is 4.79 Å². The van der Waals surface area contributed by atoms with Gasteiger partial charge in [-0.15, -0.1) is 0 Å². The Kier molecular flexibility index (Phi) is 6.15. The minimum atomic E-state index is -0.343. The molecule has 0 amide bonds. The van der Waals surface area contributed by atoms with Gasteiger partial charge in [0.05, 0.1) is 26.9 Å². The van der Waals surface area contributed by atoms with E-state index in [1.54, 1.807) is 13.0 Å². The van der Waals surface area contributed by atoms with Crippen molar-refractivity contribution in [2.24, 2.45) is 0 Å². The average molecular weight is 350 g/mol. The van der Waals surface area contributed by atoms with Crippen molar-refractivity contribution in [1.29, 1.82) is 0 Å². The lowest BCUT2D eigenvalue weighted by atomic mass is 9.79. The maximum absolute atomic E-state index is 11.7. The van der Waals surface area contributed by atoms with E-state index >= 15 is 0 Å². The van der Waals surface area contributed by atoms with E-state index in [1.165, 1.54) is 39.2 Å². The van der Waals surface area contributed by atoms with Crippen molar-refractivity contribution in [3.63, 3.8) is 0 Å². The van der Waals surface area contributed by atoms with Gasteiger partial charge in [0.2, 0.25) is 0 Å². The number of carbonyl (C=O) groups is 1. The topological polar surface area (TPSA) is 63.9 Å². The molecule has 6 nitrogen and oxygen atoms in total. The van der Waals surface area contributed by atoms with E-state index in [4.69, 9.17) is 13.9 Å². The van der Waals surface area contributed by atoms with Gasteiger partial charge in [-0.3, -0.25) is 4.90 Å². The third-order valence-corrected chi connectivity index (χ3v) is 5.59. The Hall–Kier alpha value is -1.37. The Bertz CT molecular complexity index is 572. The summed E-state index contributed by atoms with van der Waals surface area (Å²) in [6, 6.07) is 1.79. The minimum absolute atomic E-state index is 0.231. The van der Waals surface area contributed by atoms with Gasteiger partial charge in [-0.2, -0.15) is 0 Å². The van der Waals surface area contributed by atoms with Crippen LogP contribution in [0.15, 0.2) is 10.5 Å². The van der Waals surface area contributed by atoms with Crippen molar-refractivity contribution in [2.75, 3.05) is 40.0 Å². The first-order chi connectivity index (χ1) is 12.1. The summed E-state index contributed by atoms with van der Waals surface area (Å²) in [4.78, 5) is 14.3. The zero-order valence-corrected chi connectivity index (χ0v) is 15.4. The molecule has 25 heavy (non-hydrogen) atoms. The van der Waals surface area contributed by atoms with Crippen LogP contribution in [0.25, 0.3) is 0 Å². The van der Waals surface area contributed by atoms with Gasteiger partial charge < -0.3 is 19.2 Å². The zero-order valence-electron chi connectivity index (χ0n) is 15.4. The second-order valence-electron chi connectivity index (χ2n) is 7.16. The summed E-state index contributed by atoms with van der Waals surface area (Å²) in [7, 11) is 1.39. The van der Waals surface area contributed by atoms with Crippen LogP contribution in [0.4, 0.5) is 0 Å². The largest absolute Gasteiger partial charge is 0.465 e. The quantitative estimate of drug-likeness (QED) is 0.796. The summed E-state index contributed by atoms with van der Waals surface area (Å²) in [6.07, 6.45) is 6.41. The molecule has 2 aliphatic rings. The van der Waals surface area contributed by atoms with Gasteiger partial charge in [0, 0.05) is 25.2 Å². The molecular weight excluding hydrogens is 320 g/mol. The first-order valence-corrected chi connectivity index (χ1v) is 9.36. The summed E-state index contributed by atoms with van der Waals surface area (Å²) >= 11 is 0. The number of nitrogens with one attached hydrogen (secondary N) is 1. The van der Waals surface area contributed by atoms with Crippen molar-refractivity contribution in [3.8, 4) is 0 Å². The zero-order chi connectivity index (χ0) is 17.7. The number of esters is 1. The molecule has 2 fully saturated rings. The fourth-order valence-corrected chi connectivity index (χ4v) is 4.21. The Morgan fingerprint density at radius 1 is 1.28 bits per heavy atom. The SMILES string of the molecule is COC(=O)c1cc(CNCC2(N3CCOCC3)CCCCC2)oc1C. The van der Waals surface area contributed by atoms with Crippen molar-refractivity contribution in [1.82, 2.24) is 10.2 Å². The smallest absolute Gasteiger partial charge is 0.341 e. The Labute approximate surface area is 149 Å². The van der Waals surface area contributed by atoms with Gasteiger partial charge in [0.25, 0.3) is 0 Å². The van der Waals surface area contributed by atoms with Crippen LogP contribution in [-0.2, 0) is 16.0 Å². The molecule has 3 rings (SSSR count). The van der Waals surface area contributed by atoms with E-state index in [0.29, 0.717) is 17.9 Å². The number of nitrogens with zero attached hydrogens (tertiary/aromatic N) is 1. The van der Waals surface area contributed by atoms with Crippen LogP contribution in [0.5, 0.6) is 0 Å². The number of carbonyl (C=O) groups excluding carboxylic acids is 1. The Morgan fingerprint density at radius 3 is 2.68 bits per heavy atom. The number of hydrogen-bond acceptors (Lipinski definition) is 6. The van der Waals surface area contributed by atoms with Gasteiger partial charge in [-0.05, 0) is 25.8 Å². The van der Waals surface area contributed by atoms with Crippen molar-refractivity contribution < 1.29 is 18.7 Å². The van der Waals surface area contributed by atoms with E-state index in [0.717, 1.165) is 38.6 Å². The van der Waals surface area contributed by atoms with E-state index in [1.807, 2.05) is 0 Å². The molecule has 2 heterocycles. The predicted molar refractivity (Wildman–Crippen MR) is 94.7 cm³/mol.